The molecule has 1 fully saturated rings. The zero-order valence-corrected chi connectivity index (χ0v) is 13.6. The third-order valence-corrected chi connectivity index (χ3v) is 6.95. The molecule has 0 bridgehead atoms. The van der Waals surface area contributed by atoms with Gasteiger partial charge < -0.3 is 0 Å². The van der Waals surface area contributed by atoms with Gasteiger partial charge in [-0.25, -0.2) is 0 Å². The third-order valence-electron chi connectivity index (χ3n) is 3.80. The monoisotopic (exact) mass is 298 g/mol. The fourth-order valence-electron chi connectivity index (χ4n) is 2.45. The second kappa shape index (κ2) is 6.32. The van der Waals surface area contributed by atoms with E-state index in [1.54, 1.807) is 0 Å². The molecule has 20 heavy (non-hydrogen) atoms. The average Bonchev–Trinajstić information content (AvgIpc) is 2.49. The van der Waals surface area contributed by atoms with Gasteiger partial charge in [0, 0.05) is 17.4 Å². The van der Waals surface area contributed by atoms with E-state index in [1.807, 2.05) is 0 Å². The molecule has 0 radical (unpaired) electrons. The van der Waals surface area contributed by atoms with Crippen molar-refractivity contribution in [1.82, 2.24) is 0 Å². The van der Waals surface area contributed by atoms with Gasteiger partial charge in [0.2, 0.25) is 0 Å². The van der Waals surface area contributed by atoms with Crippen LogP contribution in [0.2, 0.25) is 0 Å². The highest BCUT2D eigenvalue weighted by molar-refractivity contribution is 8.17. The van der Waals surface area contributed by atoms with E-state index in [0.29, 0.717) is 10.5 Å². The zero-order chi connectivity index (χ0) is 13.9. The minimum absolute atomic E-state index is 0.609. The Labute approximate surface area is 131 Å². The van der Waals surface area contributed by atoms with Gasteiger partial charge in [0.1, 0.15) is 7.85 Å². The lowest BCUT2D eigenvalue weighted by atomic mass is 9.93. The molecule has 0 aliphatic carbocycles. The van der Waals surface area contributed by atoms with Crippen LogP contribution in [0.5, 0.6) is 0 Å². The lowest BCUT2D eigenvalue weighted by Gasteiger charge is -2.28. The number of aryl methyl sites for hydroxylation is 1. The van der Waals surface area contributed by atoms with E-state index in [-0.39, 0.29) is 0 Å². The predicted molar refractivity (Wildman–Crippen MR) is 96.2 cm³/mol. The molecular weight excluding hydrogens is 279 g/mol. The van der Waals surface area contributed by atoms with Crippen LogP contribution in [-0.4, -0.2) is 19.4 Å². The van der Waals surface area contributed by atoms with Crippen LogP contribution >= 0.6 is 23.5 Å². The minimum atomic E-state index is 0.609. The second-order valence-corrected chi connectivity index (χ2v) is 8.09. The number of hydrogen-bond donors (Lipinski definition) is 0. The Balaban J connectivity index is 1.64. The first kappa shape index (κ1) is 14.2. The standard InChI is InChI=1S/C17H19BS2/c1-12-2-4-14(5-3-12)17-19-10-15(11-20-17)13-6-8-16(18)9-7-13/h2-9,15,17H,10-11,18H2,1H3. The van der Waals surface area contributed by atoms with Gasteiger partial charge in [-0.3, -0.25) is 0 Å². The Morgan fingerprint density at radius 2 is 1.40 bits per heavy atom. The summed E-state index contributed by atoms with van der Waals surface area (Å²) in [5.41, 5.74) is 5.66. The number of rotatable bonds is 2. The molecule has 0 N–H and O–H groups in total. The first-order valence-corrected chi connectivity index (χ1v) is 9.18. The van der Waals surface area contributed by atoms with Gasteiger partial charge in [0.15, 0.2) is 0 Å². The van der Waals surface area contributed by atoms with E-state index in [4.69, 9.17) is 0 Å². The number of hydrogen-bond acceptors (Lipinski definition) is 2. The van der Waals surface area contributed by atoms with Crippen LogP contribution in [0.4, 0.5) is 0 Å². The summed E-state index contributed by atoms with van der Waals surface area (Å²) in [6.07, 6.45) is 0. The van der Waals surface area contributed by atoms with E-state index in [9.17, 15) is 0 Å². The van der Waals surface area contributed by atoms with Crippen LogP contribution in [0.1, 0.15) is 27.2 Å². The van der Waals surface area contributed by atoms with Gasteiger partial charge in [0.05, 0.1) is 4.58 Å². The van der Waals surface area contributed by atoms with Crippen LogP contribution in [0.25, 0.3) is 0 Å². The van der Waals surface area contributed by atoms with Crippen LogP contribution in [-0.2, 0) is 0 Å². The third kappa shape index (κ3) is 3.26. The largest absolute Gasteiger partial charge is 0.142 e. The van der Waals surface area contributed by atoms with Crippen molar-refractivity contribution >= 4 is 36.8 Å². The van der Waals surface area contributed by atoms with E-state index >= 15 is 0 Å². The highest BCUT2D eigenvalue weighted by Gasteiger charge is 2.24. The fourth-order valence-corrected chi connectivity index (χ4v) is 5.59. The van der Waals surface area contributed by atoms with Crippen molar-refractivity contribution in [3.05, 3.63) is 65.2 Å². The zero-order valence-electron chi connectivity index (χ0n) is 12.0. The molecule has 3 rings (SSSR count). The maximum atomic E-state index is 2.30. The van der Waals surface area contributed by atoms with Crippen LogP contribution in [0.3, 0.4) is 0 Å². The quantitative estimate of drug-likeness (QED) is 0.778. The van der Waals surface area contributed by atoms with Crippen molar-refractivity contribution in [1.29, 1.82) is 0 Å². The van der Waals surface area contributed by atoms with Gasteiger partial charge in [-0.2, -0.15) is 0 Å². The van der Waals surface area contributed by atoms with Gasteiger partial charge in [0.25, 0.3) is 0 Å². The van der Waals surface area contributed by atoms with Crippen molar-refractivity contribution in [2.24, 2.45) is 0 Å². The van der Waals surface area contributed by atoms with Gasteiger partial charge in [-0.1, -0.05) is 59.6 Å². The molecule has 0 atom stereocenters. The van der Waals surface area contributed by atoms with Crippen molar-refractivity contribution in [2.45, 2.75) is 17.4 Å². The van der Waals surface area contributed by atoms with E-state index in [2.05, 4.69) is 86.8 Å². The molecule has 1 heterocycles. The number of benzene rings is 2. The molecule has 0 spiro atoms. The molecule has 2 aromatic carbocycles. The molecule has 0 amide bonds. The minimum Gasteiger partial charge on any atom is -0.142 e. The molecule has 102 valence electrons. The maximum absolute atomic E-state index is 2.30. The summed E-state index contributed by atoms with van der Waals surface area (Å²) in [6.45, 7) is 2.15. The Morgan fingerprint density at radius 1 is 0.850 bits per heavy atom. The molecular formula is C17H19BS2. The van der Waals surface area contributed by atoms with Crippen molar-refractivity contribution < 1.29 is 0 Å². The molecule has 1 aliphatic rings. The lowest BCUT2D eigenvalue weighted by molar-refractivity contribution is 0.885. The van der Waals surface area contributed by atoms with Crippen molar-refractivity contribution in [3.63, 3.8) is 0 Å². The SMILES string of the molecule is Bc1ccc(C2CSC(c3ccc(C)cc3)SC2)cc1. The van der Waals surface area contributed by atoms with Crippen molar-refractivity contribution in [2.75, 3.05) is 11.5 Å². The summed E-state index contributed by atoms with van der Waals surface area (Å²) in [5, 5.41) is 0. The summed E-state index contributed by atoms with van der Waals surface area (Å²) in [6, 6.07) is 18.1. The van der Waals surface area contributed by atoms with Crippen molar-refractivity contribution in [3.8, 4) is 0 Å². The summed E-state index contributed by atoms with van der Waals surface area (Å²) in [7, 11) is 2.15. The first-order chi connectivity index (χ1) is 9.72. The summed E-state index contributed by atoms with van der Waals surface area (Å²) in [5.74, 6) is 3.16. The topological polar surface area (TPSA) is 0 Å². The Morgan fingerprint density at radius 3 is 2.00 bits per heavy atom. The normalized spacial score (nSPS) is 22.6. The number of thioether (sulfide) groups is 2. The maximum Gasteiger partial charge on any atom is 0.139 e. The van der Waals surface area contributed by atoms with Gasteiger partial charge in [-0.15, -0.1) is 23.5 Å². The summed E-state index contributed by atoms with van der Waals surface area (Å²) in [4.78, 5) is 0. The molecule has 2 aromatic rings. The Kier molecular flexibility index (Phi) is 4.47. The van der Waals surface area contributed by atoms with Gasteiger partial charge in [-0.05, 0) is 18.1 Å². The van der Waals surface area contributed by atoms with Crippen LogP contribution in [0, 0.1) is 6.92 Å². The highest BCUT2D eigenvalue weighted by Crippen LogP contribution is 2.47. The molecule has 1 aliphatic heterocycles. The Bertz CT molecular complexity index is 501. The molecule has 0 nitrogen and oxygen atoms in total. The predicted octanol–water partition coefficient (Wildman–Crippen LogP) is 3.52. The van der Waals surface area contributed by atoms with E-state index in [0.717, 1.165) is 0 Å². The van der Waals surface area contributed by atoms with E-state index in [1.165, 1.54) is 33.7 Å². The van der Waals surface area contributed by atoms with Gasteiger partial charge >= 0.3 is 0 Å². The fraction of sp³-hybridized carbons (Fsp3) is 0.294. The Hall–Kier alpha value is -0.795. The lowest BCUT2D eigenvalue weighted by Crippen LogP contribution is -2.13. The molecule has 1 saturated heterocycles. The van der Waals surface area contributed by atoms with Crippen LogP contribution in [0.15, 0.2) is 48.5 Å². The van der Waals surface area contributed by atoms with E-state index < -0.39 is 0 Å². The molecule has 0 aromatic heterocycles. The summed E-state index contributed by atoms with van der Waals surface area (Å²) >= 11 is 4.18. The second-order valence-electron chi connectivity index (χ2n) is 5.52. The molecule has 3 heteroatoms. The average molecular weight is 298 g/mol. The first-order valence-electron chi connectivity index (χ1n) is 7.09. The summed E-state index contributed by atoms with van der Waals surface area (Å²) < 4.78 is 0.609. The smallest absolute Gasteiger partial charge is 0.139 e. The highest BCUT2D eigenvalue weighted by atomic mass is 32.2. The van der Waals surface area contributed by atoms with Crippen LogP contribution < -0.4 is 5.46 Å². The molecule has 0 saturated carbocycles. The molecule has 0 unspecified atom stereocenters.